The fourth-order valence-electron chi connectivity index (χ4n) is 2.04. The predicted molar refractivity (Wildman–Crippen MR) is 65.6 cm³/mol. The van der Waals surface area contributed by atoms with Crippen molar-refractivity contribution >= 4 is 11.8 Å². The van der Waals surface area contributed by atoms with E-state index in [4.69, 9.17) is 20.3 Å². The van der Waals surface area contributed by atoms with Crippen molar-refractivity contribution in [3.8, 4) is 0 Å². The molecule has 1 saturated heterocycles. The van der Waals surface area contributed by atoms with Crippen LogP contribution >= 0.6 is 0 Å². The number of carbonyl (C=O) groups is 1. The van der Waals surface area contributed by atoms with Gasteiger partial charge in [-0.25, -0.2) is 9.78 Å². The summed E-state index contributed by atoms with van der Waals surface area (Å²) in [4.78, 5) is 15.4. The number of carbonyl (C=O) groups excluding carboxylic acids is 1. The molecule has 0 aromatic carbocycles. The number of aliphatic hydroxyl groups is 3. The SMILES string of the molecule is CCOC(=O)c1ncn([C@@H]2O[C@H](CO)C(O)C2O)c1N. The van der Waals surface area contributed by atoms with Gasteiger partial charge in [-0.2, -0.15) is 0 Å². The lowest BCUT2D eigenvalue weighted by molar-refractivity contribution is -0.0518. The Morgan fingerprint density at radius 3 is 2.80 bits per heavy atom. The fraction of sp³-hybridized carbons (Fsp3) is 0.636. The Balaban J connectivity index is 2.24. The van der Waals surface area contributed by atoms with E-state index in [-0.39, 0.29) is 18.1 Å². The Kier molecular flexibility index (Phi) is 4.23. The zero-order valence-corrected chi connectivity index (χ0v) is 10.8. The van der Waals surface area contributed by atoms with Crippen molar-refractivity contribution in [2.24, 2.45) is 0 Å². The van der Waals surface area contributed by atoms with Crippen LogP contribution < -0.4 is 5.73 Å². The lowest BCUT2D eigenvalue weighted by atomic mass is 10.1. The number of anilines is 1. The summed E-state index contributed by atoms with van der Waals surface area (Å²) < 4.78 is 11.3. The van der Waals surface area contributed by atoms with E-state index in [1.165, 1.54) is 10.9 Å². The number of nitrogens with two attached hydrogens (primary N) is 1. The van der Waals surface area contributed by atoms with Crippen molar-refractivity contribution < 1.29 is 29.6 Å². The van der Waals surface area contributed by atoms with Crippen LogP contribution in [0.4, 0.5) is 5.82 Å². The Bertz CT molecular complexity index is 491. The number of aliphatic hydroxyl groups excluding tert-OH is 3. The predicted octanol–water partition coefficient (Wildman–Crippen LogP) is -1.75. The number of rotatable bonds is 4. The van der Waals surface area contributed by atoms with Crippen LogP contribution in [0.5, 0.6) is 0 Å². The van der Waals surface area contributed by atoms with Crippen LogP contribution in [0.2, 0.25) is 0 Å². The van der Waals surface area contributed by atoms with Crippen molar-refractivity contribution in [2.75, 3.05) is 18.9 Å². The monoisotopic (exact) mass is 287 g/mol. The first-order valence-electron chi connectivity index (χ1n) is 6.13. The minimum atomic E-state index is -1.29. The van der Waals surface area contributed by atoms with Crippen LogP contribution in [0.1, 0.15) is 23.6 Å². The molecule has 112 valence electrons. The van der Waals surface area contributed by atoms with Crippen LogP contribution in [-0.4, -0.2) is 62.4 Å². The minimum Gasteiger partial charge on any atom is -0.461 e. The first-order chi connectivity index (χ1) is 9.51. The molecule has 0 saturated carbocycles. The summed E-state index contributed by atoms with van der Waals surface area (Å²) in [6, 6.07) is 0. The molecule has 0 radical (unpaired) electrons. The molecule has 5 N–H and O–H groups in total. The second kappa shape index (κ2) is 5.75. The molecule has 2 heterocycles. The van der Waals surface area contributed by atoms with Crippen molar-refractivity contribution in [3.63, 3.8) is 0 Å². The largest absolute Gasteiger partial charge is 0.461 e. The van der Waals surface area contributed by atoms with E-state index in [9.17, 15) is 15.0 Å². The van der Waals surface area contributed by atoms with Crippen LogP contribution in [0, 0.1) is 0 Å². The van der Waals surface area contributed by atoms with E-state index in [0.29, 0.717) is 0 Å². The van der Waals surface area contributed by atoms with Gasteiger partial charge in [-0.1, -0.05) is 0 Å². The highest BCUT2D eigenvalue weighted by Crippen LogP contribution is 2.31. The molecule has 0 spiro atoms. The molecule has 2 rings (SSSR count). The van der Waals surface area contributed by atoms with E-state index < -0.39 is 37.1 Å². The Hall–Kier alpha value is -1.68. The summed E-state index contributed by atoms with van der Waals surface area (Å²) in [7, 11) is 0. The molecule has 1 aromatic heterocycles. The molecular weight excluding hydrogens is 270 g/mol. The van der Waals surface area contributed by atoms with Gasteiger partial charge in [0.2, 0.25) is 0 Å². The van der Waals surface area contributed by atoms with E-state index >= 15 is 0 Å². The third-order valence-electron chi connectivity index (χ3n) is 3.09. The summed E-state index contributed by atoms with van der Waals surface area (Å²) >= 11 is 0. The fourth-order valence-corrected chi connectivity index (χ4v) is 2.04. The van der Waals surface area contributed by atoms with Gasteiger partial charge in [-0.15, -0.1) is 0 Å². The Morgan fingerprint density at radius 1 is 1.55 bits per heavy atom. The van der Waals surface area contributed by atoms with Crippen molar-refractivity contribution in [1.29, 1.82) is 0 Å². The number of nitrogens with zero attached hydrogens (tertiary/aromatic N) is 2. The molecule has 0 amide bonds. The zero-order chi connectivity index (χ0) is 14.9. The summed E-state index contributed by atoms with van der Waals surface area (Å²) in [6.45, 7) is 1.38. The first-order valence-corrected chi connectivity index (χ1v) is 6.13. The van der Waals surface area contributed by atoms with Gasteiger partial charge in [0.05, 0.1) is 19.5 Å². The second-order valence-electron chi connectivity index (χ2n) is 4.34. The van der Waals surface area contributed by atoms with Crippen LogP contribution in [0.3, 0.4) is 0 Å². The van der Waals surface area contributed by atoms with Crippen molar-refractivity contribution in [2.45, 2.75) is 31.5 Å². The molecule has 2 unspecified atom stereocenters. The molecule has 1 aromatic rings. The molecular formula is C11H17N3O6. The number of imidazole rings is 1. The molecule has 1 aliphatic heterocycles. The van der Waals surface area contributed by atoms with Gasteiger partial charge in [0.1, 0.15) is 24.1 Å². The number of aromatic nitrogens is 2. The first kappa shape index (κ1) is 14.7. The van der Waals surface area contributed by atoms with Crippen molar-refractivity contribution in [3.05, 3.63) is 12.0 Å². The standard InChI is InChI=1S/C11H17N3O6/c1-2-19-11(18)6-9(12)14(4-13-6)10-8(17)7(16)5(3-15)20-10/h4-5,7-8,10,15-17H,2-3,12H2,1H3/t5-,7?,8?,10-/m1/s1. The molecule has 1 aliphatic rings. The zero-order valence-electron chi connectivity index (χ0n) is 10.8. The van der Waals surface area contributed by atoms with Gasteiger partial charge in [0.25, 0.3) is 0 Å². The Labute approximate surface area is 114 Å². The number of ether oxygens (including phenoxy) is 2. The maximum Gasteiger partial charge on any atom is 0.360 e. The van der Waals surface area contributed by atoms with E-state index in [0.717, 1.165) is 0 Å². The van der Waals surface area contributed by atoms with Gasteiger partial charge in [0, 0.05) is 0 Å². The van der Waals surface area contributed by atoms with Crippen LogP contribution in [0.15, 0.2) is 6.33 Å². The molecule has 0 aliphatic carbocycles. The van der Waals surface area contributed by atoms with Gasteiger partial charge >= 0.3 is 5.97 Å². The smallest absolute Gasteiger partial charge is 0.360 e. The molecule has 0 bridgehead atoms. The third-order valence-corrected chi connectivity index (χ3v) is 3.09. The number of hydrogen-bond donors (Lipinski definition) is 4. The molecule has 1 fully saturated rings. The number of hydrogen-bond acceptors (Lipinski definition) is 8. The van der Waals surface area contributed by atoms with Gasteiger partial charge in [-0.05, 0) is 6.92 Å². The molecule has 9 heteroatoms. The normalized spacial score (nSPS) is 29.6. The maximum atomic E-state index is 11.6. The van der Waals surface area contributed by atoms with Gasteiger partial charge < -0.3 is 30.5 Å². The topological polar surface area (TPSA) is 140 Å². The summed E-state index contributed by atoms with van der Waals surface area (Å²) in [6.07, 6.45) is -3.29. The highest BCUT2D eigenvalue weighted by atomic mass is 16.6. The average Bonchev–Trinajstić information content (AvgIpc) is 2.93. The highest BCUT2D eigenvalue weighted by Gasteiger charge is 2.44. The highest BCUT2D eigenvalue weighted by molar-refractivity contribution is 5.92. The summed E-state index contributed by atoms with van der Waals surface area (Å²) in [5.41, 5.74) is 5.68. The summed E-state index contributed by atoms with van der Waals surface area (Å²) in [5.74, 6) is -0.728. The quantitative estimate of drug-likeness (QED) is 0.478. The molecule has 20 heavy (non-hydrogen) atoms. The lowest BCUT2D eigenvalue weighted by Gasteiger charge is -2.17. The van der Waals surface area contributed by atoms with Crippen molar-refractivity contribution in [1.82, 2.24) is 9.55 Å². The second-order valence-corrected chi connectivity index (χ2v) is 4.34. The van der Waals surface area contributed by atoms with E-state index in [1.54, 1.807) is 6.92 Å². The van der Waals surface area contributed by atoms with Gasteiger partial charge in [0.15, 0.2) is 11.9 Å². The third kappa shape index (κ3) is 2.36. The number of nitrogen functional groups attached to an aromatic ring is 1. The van der Waals surface area contributed by atoms with Gasteiger partial charge in [-0.3, -0.25) is 4.57 Å². The minimum absolute atomic E-state index is 0.0433. The Morgan fingerprint density at radius 2 is 2.25 bits per heavy atom. The van der Waals surface area contributed by atoms with Crippen LogP contribution in [0.25, 0.3) is 0 Å². The van der Waals surface area contributed by atoms with Crippen LogP contribution in [-0.2, 0) is 9.47 Å². The molecule has 9 nitrogen and oxygen atoms in total. The van der Waals surface area contributed by atoms with E-state index in [1.807, 2.05) is 0 Å². The summed E-state index contributed by atoms with van der Waals surface area (Å²) in [5, 5.41) is 28.6. The molecule has 4 atom stereocenters. The maximum absolute atomic E-state index is 11.6. The number of esters is 1. The van der Waals surface area contributed by atoms with E-state index in [2.05, 4.69) is 4.98 Å². The average molecular weight is 287 g/mol. The lowest BCUT2D eigenvalue weighted by Crippen LogP contribution is -2.33.